The molecule has 1 aliphatic rings. The molecule has 1 saturated heterocycles. The molecule has 0 saturated carbocycles. The van der Waals surface area contributed by atoms with Gasteiger partial charge in [0.25, 0.3) is 0 Å². The highest BCUT2D eigenvalue weighted by Crippen LogP contribution is 2.18. The molecule has 1 amide bonds. The molecule has 100 valence electrons. The molecule has 17 heavy (non-hydrogen) atoms. The van der Waals surface area contributed by atoms with Crippen LogP contribution in [0.5, 0.6) is 0 Å². The summed E-state index contributed by atoms with van der Waals surface area (Å²) in [6.45, 7) is 6.68. The number of aliphatic hydroxyl groups is 1. The van der Waals surface area contributed by atoms with E-state index in [1.54, 1.807) is 4.90 Å². The summed E-state index contributed by atoms with van der Waals surface area (Å²) in [6, 6.07) is 0.183. The normalized spacial score (nSPS) is 17.4. The number of nitrogens with zero attached hydrogens (tertiary/aromatic N) is 1. The first-order valence-electron chi connectivity index (χ1n) is 6.76. The lowest BCUT2D eigenvalue weighted by molar-refractivity contribution is -0.133. The summed E-state index contributed by atoms with van der Waals surface area (Å²) in [4.78, 5) is 13.8. The van der Waals surface area contributed by atoms with Crippen LogP contribution >= 0.6 is 0 Å². The van der Waals surface area contributed by atoms with E-state index in [2.05, 4.69) is 5.32 Å². The quantitative estimate of drug-likeness (QED) is 0.730. The standard InChI is InChI=1S/C13H26N2O2/c1-11(2)15(9-10-16)13(17)4-3-12-5-7-14-8-6-12/h11-12,14,16H,3-10H2,1-2H3. The van der Waals surface area contributed by atoms with Gasteiger partial charge in [0.1, 0.15) is 0 Å². The van der Waals surface area contributed by atoms with Gasteiger partial charge in [-0.25, -0.2) is 0 Å². The molecule has 0 aromatic carbocycles. The smallest absolute Gasteiger partial charge is 0.222 e. The predicted molar refractivity (Wildman–Crippen MR) is 68.8 cm³/mol. The maximum absolute atomic E-state index is 12.0. The van der Waals surface area contributed by atoms with E-state index >= 15 is 0 Å². The monoisotopic (exact) mass is 242 g/mol. The van der Waals surface area contributed by atoms with Gasteiger partial charge < -0.3 is 15.3 Å². The molecule has 0 bridgehead atoms. The first kappa shape index (κ1) is 14.5. The lowest BCUT2D eigenvalue weighted by Crippen LogP contribution is -2.39. The van der Waals surface area contributed by atoms with Gasteiger partial charge >= 0.3 is 0 Å². The van der Waals surface area contributed by atoms with Crippen LogP contribution in [0, 0.1) is 5.92 Å². The highest BCUT2D eigenvalue weighted by Gasteiger charge is 2.19. The fourth-order valence-corrected chi connectivity index (χ4v) is 2.42. The Bertz CT molecular complexity index is 225. The molecule has 1 aliphatic heterocycles. The molecule has 0 radical (unpaired) electrons. The largest absolute Gasteiger partial charge is 0.395 e. The van der Waals surface area contributed by atoms with Gasteiger partial charge in [0.2, 0.25) is 5.91 Å². The van der Waals surface area contributed by atoms with Crippen molar-refractivity contribution in [3.05, 3.63) is 0 Å². The topological polar surface area (TPSA) is 52.6 Å². The number of piperidine rings is 1. The van der Waals surface area contributed by atoms with Gasteiger partial charge in [-0.1, -0.05) is 0 Å². The number of aliphatic hydroxyl groups excluding tert-OH is 1. The molecule has 0 unspecified atom stereocenters. The van der Waals surface area contributed by atoms with Crippen molar-refractivity contribution in [1.82, 2.24) is 10.2 Å². The van der Waals surface area contributed by atoms with E-state index in [1.165, 1.54) is 12.8 Å². The molecule has 4 heteroatoms. The first-order valence-corrected chi connectivity index (χ1v) is 6.76. The third-order valence-electron chi connectivity index (χ3n) is 3.51. The van der Waals surface area contributed by atoms with Crippen LogP contribution in [0.4, 0.5) is 0 Å². The van der Waals surface area contributed by atoms with E-state index in [-0.39, 0.29) is 18.6 Å². The second kappa shape index (κ2) is 7.67. The SMILES string of the molecule is CC(C)N(CCO)C(=O)CCC1CCNCC1. The van der Waals surface area contributed by atoms with E-state index < -0.39 is 0 Å². The van der Waals surface area contributed by atoms with Crippen molar-refractivity contribution in [3.63, 3.8) is 0 Å². The number of hydrogen-bond donors (Lipinski definition) is 2. The third-order valence-corrected chi connectivity index (χ3v) is 3.51. The van der Waals surface area contributed by atoms with E-state index in [1.807, 2.05) is 13.8 Å². The summed E-state index contributed by atoms with van der Waals surface area (Å²) in [5.74, 6) is 0.885. The van der Waals surface area contributed by atoms with E-state index in [9.17, 15) is 4.79 Å². The molecule has 1 fully saturated rings. The van der Waals surface area contributed by atoms with Crippen molar-refractivity contribution in [3.8, 4) is 0 Å². The van der Waals surface area contributed by atoms with Crippen molar-refractivity contribution in [1.29, 1.82) is 0 Å². The van der Waals surface area contributed by atoms with Crippen LogP contribution in [-0.2, 0) is 4.79 Å². The van der Waals surface area contributed by atoms with Crippen LogP contribution in [0.2, 0.25) is 0 Å². The van der Waals surface area contributed by atoms with Crippen molar-refractivity contribution in [2.45, 2.75) is 45.6 Å². The molecule has 1 rings (SSSR count). The molecule has 0 atom stereocenters. The number of hydrogen-bond acceptors (Lipinski definition) is 3. The van der Waals surface area contributed by atoms with Gasteiger partial charge in [-0.15, -0.1) is 0 Å². The Morgan fingerprint density at radius 1 is 1.41 bits per heavy atom. The van der Waals surface area contributed by atoms with Crippen LogP contribution in [0.1, 0.15) is 39.5 Å². The minimum atomic E-state index is 0.0528. The molecule has 0 aromatic rings. The van der Waals surface area contributed by atoms with Crippen molar-refractivity contribution in [2.75, 3.05) is 26.2 Å². The molecule has 0 aliphatic carbocycles. The molecular weight excluding hydrogens is 216 g/mol. The number of amides is 1. The Hall–Kier alpha value is -0.610. The number of carbonyl (C=O) groups excluding carboxylic acids is 1. The Kier molecular flexibility index (Phi) is 6.52. The lowest BCUT2D eigenvalue weighted by Gasteiger charge is -2.28. The highest BCUT2D eigenvalue weighted by molar-refractivity contribution is 5.76. The average Bonchev–Trinajstić information content (AvgIpc) is 2.34. The van der Waals surface area contributed by atoms with Gasteiger partial charge in [0, 0.05) is 19.0 Å². The fraction of sp³-hybridized carbons (Fsp3) is 0.923. The highest BCUT2D eigenvalue weighted by atomic mass is 16.3. The van der Waals surface area contributed by atoms with Crippen LogP contribution in [0.25, 0.3) is 0 Å². The summed E-state index contributed by atoms with van der Waals surface area (Å²) in [6.07, 6.45) is 4.00. The summed E-state index contributed by atoms with van der Waals surface area (Å²) < 4.78 is 0. The van der Waals surface area contributed by atoms with Crippen LogP contribution in [-0.4, -0.2) is 48.2 Å². The van der Waals surface area contributed by atoms with Gasteiger partial charge in [-0.2, -0.15) is 0 Å². The molecule has 2 N–H and O–H groups in total. The van der Waals surface area contributed by atoms with Gasteiger partial charge in [-0.3, -0.25) is 4.79 Å². The second-order valence-electron chi connectivity index (χ2n) is 5.14. The number of rotatable bonds is 6. The van der Waals surface area contributed by atoms with Crippen molar-refractivity contribution >= 4 is 5.91 Å². The lowest BCUT2D eigenvalue weighted by atomic mass is 9.93. The Morgan fingerprint density at radius 3 is 2.59 bits per heavy atom. The summed E-state index contributed by atoms with van der Waals surface area (Å²) in [5, 5.41) is 12.3. The predicted octanol–water partition coefficient (Wildman–Crippen LogP) is 0.995. The Labute approximate surface area is 104 Å². The maximum atomic E-state index is 12.0. The number of carbonyl (C=O) groups is 1. The van der Waals surface area contributed by atoms with Crippen LogP contribution in [0.15, 0.2) is 0 Å². The zero-order valence-corrected chi connectivity index (χ0v) is 11.1. The first-order chi connectivity index (χ1) is 8.15. The Morgan fingerprint density at radius 2 is 2.06 bits per heavy atom. The van der Waals surface area contributed by atoms with Crippen molar-refractivity contribution < 1.29 is 9.90 Å². The van der Waals surface area contributed by atoms with E-state index in [0.717, 1.165) is 19.5 Å². The van der Waals surface area contributed by atoms with Crippen molar-refractivity contribution in [2.24, 2.45) is 5.92 Å². The Balaban J connectivity index is 2.30. The van der Waals surface area contributed by atoms with E-state index in [4.69, 9.17) is 5.11 Å². The second-order valence-corrected chi connectivity index (χ2v) is 5.14. The summed E-state index contributed by atoms with van der Waals surface area (Å²) >= 11 is 0. The minimum Gasteiger partial charge on any atom is -0.395 e. The molecule has 4 nitrogen and oxygen atoms in total. The van der Waals surface area contributed by atoms with Crippen LogP contribution < -0.4 is 5.32 Å². The molecule has 0 spiro atoms. The molecule has 0 aromatic heterocycles. The van der Waals surface area contributed by atoms with Gasteiger partial charge in [0.15, 0.2) is 0 Å². The summed E-state index contributed by atoms with van der Waals surface area (Å²) in [7, 11) is 0. The zero-order valence-electron chi connectivity index (χ0n) is 11.1. The van der Waals surface area contributed by atoms with E-state index in [0.29, 0.717) is 18.9 Å². The fourth-order valence-electron chi connectivity index (χ4n) is 2.42. The molecular formula is C13H26N2O2. The minimum absolute atomic E-state index is 0.0528. The van der Waals surface area contributed by atoms with Gasteiger partial charge in [0.05, 0.1) is 6.61 Å². The van der Waals surface area contributed by atoms with Gasteiger partial charge in [-0.05, 0) is 52.1 Å². The summed E-state index contributed by atoms with van der Waals surface area (Å²) in [5.41, 5.74) is 0. The zero-order chi connectivity index (χ0) is 12.7. The number of nitrogens with one attached hydrogen (secondary N) is 1. The third kappa shape index (κ3) is 5.04. The average molecular weight is 242 g/mol. The molecule has 1 heterocycles. The maximum Gasteiger partial charge on any atom is 0.222 e. The van der Waals surface area contributed by atoms with Crippen LogP contribution in [0.3, 0.4) is 0 Å².